The van der Waals surface area contributed by atoms with Crippen molar-refractivity contribution in [3.05, 3.63) is 35.9 Å². The summed E-state index contributed by atoms with van der Waals surface area (Å²) in [5.74, 6) is 0.857. The van der Waals surface area contributed by atoms with Crippen molar-refractivity contribution in [1.29, 1.82) is 0 Å². The van der Waals surface area contributed by atoms with Gasteiger partial charge in [-0.2, -0.15) is 0 Å². The lowest BCUT2D eigenvalue weighted by molar-refractivity contribution is 0.171. The number of rotatable bonds is 5. The molecule has 2 rings (SSSR count). The second-order valence-corrected chi connectivity index (χ2v) is 7.95. The molecular formula is C15H24N2O2S. The van der Waals surface area contributed by atoms with Gasteiger partial charge in [0, 0.05) is 18.6 Å². The molecule has 112 valence electrons. The van der Waals surface area contributed by atoms with Crippen molar-refractivity contribution in [3.8, 4) is 0 Å². The normalized spacial score (nSPS) is 24.7. The van der Waals surface area contributed by atoms with E-state index < -0.39 is 9.84 Å². The Kier molecular flexibility index (Phi) is 4.83. The smallest absolute Gasteiger partial charge is 0.151 e. The summed E-state index contributed by atoms with van der Waals surface area (Å²) in [5, 5.41) is 0. The van der Waals surface area contributed by atoms with Gasteiger partial charge in [0.1, 0.15) is 0 Å². The predicted octanol–water partition coefficient (Wildman–Crippen LogP) is 1.24. The highest BCUT2D eigenvalue weighted by molar-refractivity contribution is 7.91. The topological polar surface area (TPSA) is 63.4 Å². The van der Waals surface area contributed by atoms with Crippen LogP contribution in [0.5, 0.6) is 0 Å². The molecule has 1 saturated heterocycles. The molecule has 1 aromatic carbocycles. The van der Waals surface area contributed by atoms with Crippen LogP contribution in [0, 0.1) is 0 Å². The van der Waals surface area contributed by atoms with Crippen molar-refractivity contribution < 1.29 is 8.42 Å². The summed E-state index contributed by atoms with van der Waals surface area (Å²) in [6.07, 6.45) is 0.719. The zero-order valence-corrected chi connectivity index (χ0v) is 13.0. The van der Waals surface area contributed by atoms with Gasteiger partial charge in [-0.05, 0) is 24.9 Å². The fraction of sp³-hybridized carbons (Fsp3) is 0.600. The molecule has 3 unspecified atom stereocenters. The molecule has 1 aliphatic rings. The van der Waals surface area contributed by atoms with Gasteiger partial charge >= 0.3 is 0 Å². The maximum Gasteiger partial charge on any atom is 0.151 e. The summed E-state index contributed by atoms with van der Waals surface area (Å²) < 4.78 is 23.3. The molecule has 0 amide bonds. The Morgan fingerprint density at radius 3 is 2.50 bits per heavy atom. The van der Waals surface area contributed by atoms with E-state index in [4.69, 9.17) is 5.73 Å². The Morgan fingerprint density at radius 1 is 1.35 bits per heavy atom. The maximum atomic E-state index is 11.6. The molecule has 0 bridgehead atoms. The molecule has 3 atom stereocenters. The molecule has 0 spiro atoms. The lowest BCUT2D eigenvalue weighted by atomic mass is 9.91. The summed E-state index contributed by atoms with van der Waals surface area (Å²) in [6, 6.07) is 10.5. The molecule has 20 heavy (non-hydrogen) atoms. The van der Waals surface area contributed by atoms with Crippen LogP contribution in [-0.4, -0.2) is 50.5 Å². The second-order valence-electron chi connectivity index (χ2n) is 5.72. The first kappa shape index (κ1) is 15.5. The van der Waals surface area contributed by atoms with Gasteiger partial charge in [0.05, 0.1) is 11.5 Å². The van der Waals surface area contributed by atoms with Crippen molar-refractivity contribution >= 4 is 9.84 Å². The molecule has 0 saturated carbocycles. The van der Waals surface area contributed by atoms with Crippen LogP contribution in [0.25, 0.3) is 0 Å². The van der Waals surface area contributed by atoms with Crippen LogP contribution in [0.3, 0.4) is 0 Å². The molecule has 1 aliphatic heterocycles. The van der Waals surface area contributed by atoms with Gasteiger partial charge in [0.2, 0.25) is 0 Å². The highest BCUT2D eigenvalue weighted by Gasteiger charge is 2.34. The molecule has 0 aliphatic carbocycles. The molecular weight excluding hydrogens is 272 g/mol. The SMILES string of the molecule is CC(c1ccccc1)C(CN)N(C)C1CCS(=O)(=O)C1. The lowest BCUT2D eigenvalue weighted by Crippen LogP contribution is -2.47. The highest BCUT2D eigenvalue weighted by atomic mass is 32.2. The second kappa shape index (κ2) is 6.24. The number of nitrogens with two attached hydrogens (primary N) is 1. The van der Waals surface area contributed by atoms with Crippen molar-refractivity contribution in [1.82, 2.24) is 4.90 Å². The van der Waals surface area contributed by atoms with Gasteiger partial charge in [-0.25, -0.2) is 8.42 Å². The first-order chi connectivity index (χ1) is 9.44. The van der Waals surface area contributed by atoms with Crippen molar-refractivity contribution in [2.24, 2.45) is 5.73 Å². The van der Waals surface area contributed by atoms with Crippen LogP contribution in [0.2, 0.25) is 0 Å². The largest absolute Gasteiger partial charge is 0.329 e. The third kappa shape index (κ3) is 3.40. The van der Waals surface area contributed by atoms with E-state index in [2.05, 4.69) is 24.0 Å². The van der Waals surface area contributed by atoms with E-state index in [9.17, 15) is 8.42 Å². The quantitative estimate of drug-likeness (QED) is 0.888. The average molecular weight is 296 g/mol. The van der Waals surface area contributed by atoms with Crippen LogP contribution >= 0.6 is 0 Å². The number of hydrogen-bond donors (Lipinski definition) is 1. The van der Waals surface area contributed by atoms with Crippen LogP contribution < -0.4 is 5.73 Å². The fourth-order valence-corrected chi connectivity index (χ4v) is 4.86. The zero-order chi connectivity index (χ0) is 14.8. The van der Waals surface area contributed by atoms with E-state index in [-0.39, 0.29) is 23.8 Å². The summed E-state index contributed by atoms with van der Waals surface area (Å²) in [4.78, 5) is 2.17. The van der Waals surface area contributed by atoms with Gasteiger partial charge in [0.15, 0.2) is 9.84 Å². The molecule has 2 N–H and O–H groups in total. The molecule has 1 aromatic rings. The number of likely N-dealkylation sites (N-methyl/N-ethyl adjacent to an activating group) is 1. The van der Waals surface area contributed by atoms with Gasteiger partial charge in [-0.1, -0.05) is 37.3 Å². The van der Waals surface area contributed by atoms with Crippen LogP contribution in [0.15, 0.2) is 30.3 Å². The molecule has 1 heterocycles. The minimum atomic E-state index is -2.86. The number of sulfone groups is 1. The Labute approximate surface area is 121 Å². The molecule has 4 nitrogen and oxygen atoms in total. The van der Waals surface area contributed by atoms with Gasteiger partial charge in [-0.15, -0.1) is 0 Å². The summed E-state index contributed by atoms with van der Waals surface area (Å²) >= 11 is 0. The summed E-state index contributed by atoms with van der Waals surface area (Å²) in [5.41, 5.74) is 7.20. The van der Waals surface area contributed by atoms with E-state index >= 15 is 0 Å². The van der Waals surface area contributed by atoms with Crippen molar-refractivity contribution in [2.75, 3.05) is 25.1 Å². The highest BCUT2D eigenvalue weighted by Crippen LogP contribution is 2.26. The molecule has 1 fully saturated rings. The van der Waals surface area contributed by atoms with Crippen LogP contribution in [-0.2, 0) is 9.84 Å². The molecule has 0 radical (unpaired) electrons. The van der Waals surface area contributed by atoms with E-state index in [1.807, 2.05) is 25.2 Å². The average Bonchev–Trinajstić information content (AvgIpc) is 2.80. The molecule has 0 aromatic heterocycles. The van der Waals surface area contributed by atoms with E-state index in [1.165, 1.54) is 5.56 Å². The van der Waals surface area contributed by atoms with Crippen molar-refractivity contribution in [3.63, 3.8) is 0 Å². The van der Waals surface area contributed by atoms with Gasteiger partial charge in [-0.3, -0.25) is 4.90 Å². The standard InChI is InChI=1S/C15H24N2O2S/c1-12(13-6-4-3-5-7-13)15(10-16)17(2)14-8-9-20(18,19)11-14/h3-7,12,14-15H,8-11,16H2,1-2H3. The molecule has 5 heteroatoms. The van der Waals surface area contributed by atoms with E-state index in [0.717, 1.165) is 6.42 Å². The third-order valence-electron chi connectivity index (χ3n) is 4.45. The minimum absolute atomic E-state index is 0.0970. The van der Waals surface area contributed by atoms with E-state index in [1.54, 1.807) is 0 Å². The Morgan fingerprint density at radius 2 is 2.00 bits per heavy atom. The lowest BCUT2D eigenvalue weighted by Gasteiger charge is -2.36. The Balaban J connectivity index is 2.12. The first-order valence-electron chi connectivity index (χ1n) is 7.12. The summed E-state index contributed by atoms with van der Waals surface area (Å²) in [7, 11) is -0.853. The van der Waals surface area contributed by atoms with E-state index in [0.29, 0.717) is 12.3 Å². The number of hydrogen-bond acceptors (Lipinski definition) is 4. The van der Waals surface area contributed by atoms with Gasteiger partial charge in [0.25, 0.3) is 0 Å². The summed E-state index contributed by atoms with van der Waals surface area (Å²) in [6.45, 7) is 2.69. The Bertz CT molecular complexity index is 530. The first-order valence-corrected chi connectivity index (χ1v) is 8.94. The van der Waals surface area contributed by atoms with Gasteiger partial charge < -0.3 is 5.73 Å². The Hall–Kier alpha value is -0.910. The van der Waals surface area contributed by atoms with Crippen LogP contribution in [0.1, 0.15) is 24.8 Å². The number of nitrogens with zero attached hydrogens (tertiary/aromatic N) is 1. The zero-order valence-electron chi connectivity index (χ0n) is 12.2. The van der Waals surface area contributed by atoms with Crippen LogP contribution in [0.4, 0.5) is 0 Å². The van der Waals surface area contributed by atoms with Crippen molar-refractivity contribution in [2.45, 2.75) is 31.3 Å². The predicted molar refractivity (Wildman–Crippen MR) is 82.5 cm³/mol. The monoisotopic (exact) mass is 296 g/mol. The maximum absolute atomic E-state index is 11.6. The number of benzene rings is 1. The fourth-order valence-electron chi connectivity index (χ4n) is 3.07. The third-order valence-corrected chi connectivity index (χ3v) is 6.20. The minimum Gasteiger partial charge on any atom is -0.329 e.